The van der Waals surface area contributed by atoms with Gasteiger partial charge in [0.2, 0.25) is 11.1 Å². The average Bonchev–Trinajstić information content (AvgIpc) is 3.23. The third kappa shape index (κ3) is 3.34. The summed E-state index contributed by atoms with van der Waals surface area (Å²) < 4.78 is 1.77. The number of tetrazole rings is 1. The molecule has 2 aliphatic rings. The first-order valence-corrected chi connectivity index (χ1v) is 8.05. The minimum absolute atomic E-state index is 0.0451. The van der Waals surface area contributed by atoms with E-state index in [1.165, 1.54) is 11.8 Å². The number of carbonyl (C=O) groups excluding carboxylic acids is 1. The molecule has 0 bridgehead atoms. The molecule has 0 radical (unpaired) electrons. The molecule has 2 fully saturated rings. The smallest absolute Gasteiger partial charge is 0.308 e. The zero-order chi connectivity index (χ0) is 14.8. The van der Waals surface area contributed by atoms with Crippen LogP contribution in [0, 0.1) is 5.92 Å². The van der Waals surface area contributed by atoms with E-state index in [4.69, 9.17) is 5.11 Å². The van der Waals surface area contributed by atoms with Gasteiger partial charge in [0.15, 0.2) is 0 Å². The molecular weight excluding hydrogens is 294 g/mol. The fraction of sp³-hybridized carbons (Fsp3) is 0.750. The van der Waals surface area contributed by atoms with E-state index in [-0.39, 0.29) is 11.7 Å². The number of carbonyl (C=O) groups is 2. The minimum atomic E-state index is -0.821. The maximum atomic E-state index is 12.2. The molecule has 0 unspecified atom stereocenters. The number of aliphatic carboxylic acids is 1. The third-order valence-electron chi connectivity index (χ3n) is 3.80. The first-order valence-electron chi connectivity index (χ1n) is 7.06. The van der Waals surface area contributed by atoms with Crippen molar-refractivity contribution in [1.82, 2.24) is 25.1 Å². The lowest BCUT2D eigenvalue weighted by Crippen LogP contribution is -2.43. The van der Waals surface area contributed by atoms with Crippen LogP contribution in [0.5, 0.6) is 0 Å². The predicted octanol–water partition coefficient (Wildman–Crippen LogP) is 0.423. The van der Waals surface area contributed by atoms with Gasteiger partial charge in [0.1, 0.15) is 0 Å². The number of nitrogens with zero attached hydrogens (tertiary/aromatic N) is 5. The molecule has 8 nitrogen and oxygen atoms in total. The van der Waals surface area contributed by atoms with Crippen molar-refractivity contribution in [3.05, 3.63) is 0 Å². The summed E-state index contributed by atoms with van der Waals surface area (Å²) in [7, 11) is 0. The second-order valence-electron chi connectivity index (χ2n) is 5.44. The van der Waals surface area contributed by atoms with E-state index in [2.05, 4.69) is 15.5 Å². The van der Waals surface area contributed by atoms with Crippen LogP contribution in [0.2, 0.25) is 0 Å². The van der Waals surface area contributed by atoms with Gasteiger partial charge in [-0.1, -0.05) is 11.8 Å². The van der Waals surface area contributed by atoms with Crippen molar-refractivity contribution < 1.29 is 14.7 Å². The van der Waals surface area contributed by atoms with Gasteiger partial charge < -0.3 is 10.0 Å². The van der Waals surface area contributed by atoms with Gasteiger partial charge in [-0.2, -0.15) is 0 Å². The number of aromatic nitrogens is 4. The van der Waals surface area contributed by atoms with Gasteiger partial charge in [-0.25, -0.2) is 4.68 Å². The molecule has 1 atom stereocenters. The van der Waals surface area contributed by atoms with E-state index in [0.717, 1.165) is 19.3 Å². The van der Waals surface area contributed by atoms with Crippen molar-refractivity contribution in [3.8, 4) is 0 Å². The van der Waals surface area contributed by atoms with E-state index < -0.39 is 11.9 Å². The monoisotopic (exact) mass is 311 g/mol. The first-order chi connectivity index (χ1) is 10.1. The largest absolute Gasteiger partial charge is 0.481 e. The number of rotatable bonds is 5. The number of thioether (sulfide) groups is 1. The molecular formula is C12H17N5O3S. The standard InChI is InChI=1S/C12H17N5O3S/c18-10(16-5-1-2-8(6-16)11(19)20)7-21-12-13-14-15-17(12)9-3-4-9/h8-9H,1-7H2,(H,19,20)/t8-/m1/s1. The molecule has 1 N–H and O–H groups in total. The van der Waals surface area contributed by atoms with Crippen LogP contribution in [-0.2, 0) is 9.59 Å². The van der Waals surface area contributed by atoms with Crippen LogP contribution in [0.4, 0.5) is 0 Å². The lowest BCUT2D eigenvalue weighted by Gasteiger charge is -2.30. The topological polar surface area (TPSA) is 101 Å². The van der Waals surface area contributed by atoms with E-state index in [0.29, 0.717) is 30.7 Å². The molecule has 0 aromatic carbocycles. The van der Waals surface area contributed by atoms with Gasteiger partial charge in [0, 0.05) is 13.1 Å². The van der Waals surface area contributed by atoms with Crippen molar-refractivity contribution in [2.75, 3.05) is 18.8 Å². The van der Waals surface area contributed by atoms with Gasteiger partial charge in [-0.15, -0.1) is 5.10 Å². The second-order valence-corrected chi connectivity index (χ2v) is 6.39. The minimum Gasteiger partial charge on any atom is -0.481 e. The van der Waals surface area contributed by atoms with Crippen molar-refractivity contribution >= 4 is 23.6 Å². The third-order valence-corrected chi connectivity index (χ3v) is 4.72. The predicted molar refractivity (Wildman–Crippen MR) is 73.8 cm³/mol. The van der Waals surface area contributed by atoms with Gasteiger partial charge in [0.05, 0.1) is 17.7 Å². The molecule has 2 heterocycles. The molecule has 21 heavy (non-hydrogen) atoms. The van der Waals surface area contributed by atoms with E-state index in [1.807, 2.05) is 0 Å². The summed E-state index contributed by atoms with van der Waals surface area (Å²) in [6.45, 7) is 0.943. The Hall–Kier alpha value is -1.64. The highest BCUT2D eigenvalue weighted by atomic mass is 32.2. The van der Waals surface area contributed by atoms with Crippen LogP contribution in [0.1, 0.15) is 31.7 Å². The number of carboxylic acid groups (broad SMARTS) is 1. The number of carboxylic acids is 1. The second kappa shape index (κ2) is 6.00. The lowest BCUT2D eigenvalue weighted by molar-refractivity contribution is -0.145. The Morgan fingerprint density at radius 3 is 2.86 bits per heavy atom. The Morgan fingerprint density at radius 2 is 2.14 bits per heavy atom. The number of likely N-dealkylation sites (tertiary alicyclic amines) is 1. The van der Waals surface area contributed by atoms with Crippen molar-refractivity contribution in [2.45, 2.75) is 36.9 Å². The van der Waals surface area contributed by atoms with Gasteiger partial charge in [-0.3, -0.25) is 9.59 Å². The van der Waals surface area contributed by atoms with Gasteiger partial charge in [0.25, 0.3) is 0 Å². The molecule has 1 aromatic rings. The van der Waals surface area contributed by atoms with E-state index >= 15 is 0 Å². The first kappa shape index (κ1) is 14.3. The highest BCUT2D eigenvalue weighted by molar-refractivity contribution is 7.99. The summed E-state index contributed by atoms with van der Waals surface area (Å²) >= 11 is 1.32. The summed E-state index contributed by atoms with van der Waals surface area (Å²) in [6, 6.07) is 0.379. The molecule has 1 aliphatic carbocycles. The molecule has 1 aromatic heterocycles. The fourth-order valence-corrected chi connectivity index (χ4v) is 3.30. The lowest BCUT2D eigenvalue weighted by atomic mass is 9.98. The number of hydrogen-bond donors (Lipinski definition) is 1. The SMILES string of the molecule is O=C(O)[C@@H]1CCCN(C(=O)CSc2nnnn2C2CC2)C1. The van der Waals surface area contributed by atoms with Crippen LogP contribution in [0.25, 0.3) is 0 Å². The Balaban J connectivity index is 1.53. The van der Waals surface area contributed by atoms with Crippen molar-refractivity contribution in [2.24, 2.45) is 5.92 Å². The Bertz CT molecular complexity index is 545. The quantitative estimate of drug-likeness (QED) is 0.786. The Morgan fingerprint density at radius 1 is 1.33 bits per heavy atom. The van der Waals surface area contributed by atoms with Crippen LogP contribution in [0.3, 0.4) is 0 Å². The zero-order valence-electron chi connectivity index (χ0n) is 11.5. The number of hydrogen-bond acceptors (Lipinski definition) is 6. The molecule has 1 aliphatic heterocycles. The van der Waals surface area contributed by atoms with E-state index in [9.17, 15) is 9.59 Å². The Kier molecular flexibility index (Phi) is 4.09. The highest BCUT2D eigenvalue weighted by Gasteiger charge is 2.30. The molecule has 1 saturated heterocycles. The normalized spacial score (nSPS) is 22.3. The Labute approximate surface area is 125 Å². The van der Waals surface area contributed by atoms with Crippen LogP contribution in [0.15, 0.2) is 5.16 Å². The molecule has 9 heteroatoms. The maximum Gasteiger partial charge on any atom is 0.308 e. The zero-order valence-corrected chi connectivity index (χ0v) is 12.3. The molecule has 3 rings (SSSR count). The molecule has 1 saturated carbocycles. The summed E-state index contributed by atoms with van der Waals surface area (Å²) in [4.78, 5) is 24.9. The summed E-state index contributed by atoms with van der Waals surface area (Å²) in [5.41, 5.74) is 0. The van der Waals surface area contributed by atoms with Gasteiger partial charge >= 0.3 is 5.97 Å². The molecule has 114 valence electrons. The van der Waals surface area contributed by atoms with Crippen LogP contribution in [-0.4, -0.2) is 60.9 Å². The average molecular weight is 311 g/mol. The van der Waals surface area contributed by atoms with Gasteiger partial charge in [-0.05, 0) is 36.1 Å². The summed E-state index contributed by atoms with van der Waals surface area (Å²) in [6.07, 6.45) is 3.55. The van der Waals surface area contributed by atoms with Crippen molar-refractivity contribution in [3.63, 3.8) is 0 Å². The van der Waals surface area contributed by atoms with E-state index in [1.54, 1.807) is 9.58 Å². The number of piperidine rings is 1. The fourth-order valence-electron chi connectivity index (χ4n) is 2.45. The summed E-state index contributed by atoms with van der Waals surface area (Å²) in [5.74, 6) is -1.06. The highest BCUT2D eigenvalue weighted by Crippen LogP contribution is 2.36. The molecule has 1 amide bonds. The van der Waals surface area contributed by atoms with Crippen molar-refractivity contribution in [1.29, 1.82) is 0 Å². The number of amides is 1. The van der Waals surface area contributed by atoms with Crippen LogP contribution < -0.4 is 0 Å². The van der Waals surface area contributed by atoms with Crippen LogP contribution >= 0.6 is 11.8 Å². The molecule has 0 spiro atoms. The maximum absolute atomic E-state index is 12.2. The summed E-state index contributed by atoms with van der Waals surface area (Å²) in [5, 5.41) is 21.2.